The van der Waals surface area contributed by atoms with E-state index in [0.29, 0.717) is 17.1 Å². The molecule has 1 aliphatic heterocycles. The first-order valence-electron chi connectivity index (χ1n) is 9.34. The van der Waals surface area contributed by atoms with Crippen molar-refractivity contribution in [2.45, 2.75) is 19.3 Å². The second-order valence-corrected chi connectivity index (χ2v) is 6.90. The molecule has 0 amide bonds. The number of benzene rings is 2. The number of carbonyl (C=O) groups is 1. The van der Waals surface area contributed by atoms with Gasteiger partial charge in [-0.2, -0.15) is 0 Å². The number of methoxy groups -OCH3 is 2. The van der Waals surface area contributed by atoms with Gasteiger partial charge in [0, 0.05) is 12.5 Å². The predicted molar refractivity (Wildman–Crippen MR) is 103 cm³/mol. The Morgan fingerprint density at radius 3 is 2.41 bits per heavy atom. The summed E-state index contributed by atoms with van der Waals surface area (Å²) in [5.41, 5.74) is 1.73. The van der Waals surface area contributed by atoms with Crippen LogP contribution in [-0.2, 0) is 6.42 Å². The highest BCUT2D eigenvalue weighted by Crippen LogP contribution is 2.34. The Balaban J connectivity index is 1.56. The van der Waals surface area contributed by atoms with E-state index in [2.05, 4.69) is 4.90 Å². The summed E-state index contributed by atoms with van der Waals surface area (Å²) in [6, 6.07) is 12.1. The minimum atomic E-state index is -0.203. The molecule has 0 N–H and O–H groups in total. The van der Waals surface area contributed by atoms with Gasteiger partial charge in [-0.1, -0.05) is 18.2 Å². The van der Waals surface area contributed by atoms with Gasteiger partial charge >= 0.3 is 0 Å². The maximum Gasteiger partial charge on any atom is 0.171 e. The molecule has 144 valence electrons. The van der Waals surface area contributed by atoms with E-state index in [0.717, 1.165) is 44.5 Å². The summed E-state index contributed by atoms with van der Waals surface area (Å²) in [4.78, 5) is 15.3. The fourth-order valence-electron chi connectivity index (χ4n) is 3.66. The normalized spacial score (nSPS) is 15.5. The van der Waals surface area contributed by atoms with Gasteiger partial charge in [0.05, 0.1) is 19.8 Å². The van der Waals surface area contributed by atoms with Crippen molar-refractivity contribution in [3.05, 3.63) is 59.4 Å². The Labute approximate surface area is 159 Å². The largest absolute Gasteiger partial charge is 0.493 e. The molecule has 2 aromatic rings. The van der Waals surface area contributed by atoms with E-state index in [1.165, 1.54) is 12.1 Å². The van der Waals surface area contributed by atoms with Gasteiger partial charge in [-0.3, -0.25) is 4.79 Å². The molecule has 0 atom stereocenters. The minimum Gasteiger partial charge on any atom is -0.493 e. The molecule has 1 heterocycles. The van der Waals surface area contributed by atoms with Gasteiger partial charge in [0.2, 0.25) is 0 Å². The average molecular weight is 371 g/mol. The molecular weight excluding hydrogens is 345 g/mol. The van der Waals surface area contributed by atoms with Crippen LogP contribution < -0.4 is 9.47 Å². The van der Waals surface area contributed by atoms with Crippen LogP contribution in [0.5, 0.6) is 11.5 Å². The highest BCUT2D eigenvalue weighted by Gasteiger charge is 2.28. The third-order valence-corrected chi connectivity index (χ3v) is 5.26. The van der Waals surface area contributed by atoms with Crippen LogP contribution in [0, 0.1) is 11.7 Å². The molecule has 0 aliphatic carbocycles. The lowest BCUT2D eigenvalue weighted by Gasteiger charge is -2.31. The van der Waals surface area contributed by atoms with Crippen LogP contribution in [0.4, 0.5) is 4.39 Å². The molecule has 0 aromatic heterocycles. The maximum atomic E-state index is 13.0. The fraction of sp³-hybridized carbons (Fsp3) is 0.409. The lowest BCUT2D eigenvalue weighted by Crippen LogP contribution is -2.37. The maximum absolute atomic E-state index is 13.0. The number of nitrogens with zero attached hydrogens (tertiary/aromatic N) is 1. The third-order valence-electron chi connectivity index (χ3n) is 5.26. The molecule has 0 unspecified atom stereocenters. The average Bonchev–Trinajstić information content (AvgIpc) is 2.72. The molecule has 0 bridgehead atoms. The number of ether oxygens (including phenoxy) is 2. The van der Waals surface area contributed by atoms with Gasteiger partial charge in [0.15, 0.2) is 17.3 Å². The van der Waals surface area contributed by atoms with Crippen LogP contribution in [0.1, 0.15) is 28.8 Å². The van der Waals surface area contributed by atoms with Crippen molar-refractivity contribution in [3.8, 4) is 11.5 Å². The van der Waals surface area contributed by atoms with Crippen LogP contribution in [0.25, 0.3) is 0 Å². The number of rotatable bonds is 7. The summed E-state index contributed by atoms with van der Waals surface area (Å²) >= 11 is 0. The molecule has 2 aromatic carbocycles. The molecule has 1 saturated heterocycles. The van der Waals surface area contributed by atoms with Crippen molar-refractivity contribution < 1.29 is 18.7 Å². The number of hydrogen-bond acceptors (Lipinski definition) is 4. The van der Waals surface area contributed by atoms with Crippen LogP contribution in [0.3, 0.4) is 0 Å². The van der Waals surface area contributed by atoms with Gasteiger partial charge in [0.1, 0.15) is 5.82 Å². The molecule has 3 rings (SSSR count). The molecule has 0 saturated carbocycles. The fourth-order valence-corrected chi connectivity index (χ4v) is 3.66. The molecule has 27 heavy (non-hydrogen) atoms. The number of likely N-dealkylation sites (tertiary alicyclic amines) is 1. The first-order valence-corrected chi connectivity index (χ1v) is 9.34. The van der Waals surface area contributed by atoms with E-state index in [1.807, 2.05) is 24.3 Å². The smallest absolute Gasteiger partial charge is 0.171 e. The lowest BCUT2D eigenvalue weighted by atomic mass is 9.88. The van der Waals surface area contributed by atoms with Gasteiger partial charge in [-0.05, 0) is 62.2 Å². The van der Waals surface area contributed by atoms with Crippen molar-refractivity contribution in [2.75, 3.05) is 33.9 Å². The highest BCUT2D eigenvalue weighted by atomic mass is 19.1. The number of para-hydroxylation sites is 1. The summed E-state index contributed by atoms with van der Waals surface area (Å²) < 4.78 is 23.7. The Bertz CT molecular complexity index is 768. The van der Waals surface area contributed by atoms with E-state index in [1.54, 1.807) is 20.3 Å². The SMILES string of the molecule is COc1cccc(C(=O)C2CCN(CCc3ccc(F)cc3)CC2)c1OC. The van der Waals surface area contributed by atoms with E-state index in [-0.39, 0.29) is 17.5 Å². The Hall–Kier alpha value is -2.40. The molecule has 4 nitrogen and oxygen atoms in total. The number of ketones is 1. The quantitative estimate of drug-likeness (QED) is 0.690. The second kappa shape index (κ2) is 9.00. The van der Waals surface area contributed by atoms with Crippen LogP contribution in [-0.4, -0.2) is 44.5 Å². The van der Waals surface area contributed by atoms with Crippen molar-refractivity contribution in [1.29, 1.82) is 0 Å². The standard InChI is InChI=1S/C22H26FNO3/c1-26-20-5-3-4-19(22(20)27-2)21(25)17-11-14-24(15-12-17)13-10-16-6-8-18(23)9-7-16/h3-9,17H,10-15H2,1-2H3. The van der Waals surface area contributed by atoms with Crippen molar-refractivity contribution in [2.24, 2.45) is 5.92 Å². The molecule has 1 aliphatic rings. The van der Waals surface area contributed by atoms with Crippen LogP contribution >= 0.6 is 0 Å². The molecule has 5 heteroatoms. The van der Waals surface area contributed by atoms with E-state index in [9.17, 15) is 9.18 Å². The summed E-state index contributed by atoms with van der Waals surface area (Å²) in [6.07, 6.45) is 2.56. The number of piperidine rings is 1. The number of halogens is 1. The van der Waals surface area contributed by atoms with Crippen molar-refractivity contribution in [1.82, 2.24) is 4.90 Å². The summed E-state index contributed by atoms with van der Waals surface area (Å²) in [7, 11) is 3.14. The van der Waals surface area contributed by atoms with Gasteiger partial charge in [-0.25, -0.2) is 4.39 Å². The van der Waals surface area contributed by atoms with Gasteiger partial charge < -0.3 is 14.4 Å². The van der Waals surface area contributed by atoms with Crippen molar-refractivity contribution >= 4 is 5.78 Å². The molecule has 0 radical (unpaired) electrons. The number of carbonyl (C=O) groups excluding carboxylic acids is 1. The number of Topliss-reactive ketones (excluding diaryl/α,β-unsaturated/α-hetero) is 1. The first kappa shape index (κ1) is 19.4. The lowest BCUT2D eigenvalue weighted by molar-refractivity contribution is 0.0837. The second-order valence-electron chi connectivity index (χ2n) is 6.90. The predicted octanol–water partition coefficient (Wildman–Crippen LogP) is 3.98. The van der Waals surface area contributed by atoms with Gasteiger partial charge in [-0.15, -0.1) is 0 Å². The monoisotopic (exact) mass is 371 g/mol. The molecular formula is C22H26FNO3. The van der Waals surface area contributed by atoms with E-state index >= 15 is 0 Å². The van der Waals surface area contributed by atoms with E-state index < -0.39 is 0 Å². The summed E-state index contributed by atoms with van der Waals surface area (Å²) in [6.45, 7) is 2.71. The Morgan fingerprint density at radius 2 is 1.78 bits per heavy atom. The van der Waals surface area contributed by atoms with Crippen LogP contribution in [0.2, 0.25) is 0 Å². The zero-order valence-corrected chi connectivity index (χ0v) is 15.9. The Kier molecular flexibility index (Phi) is 6.45. The zero-order chi connectivity index (χ0) is 19.2. The number of hydrogen-bond donors (Lipinski definition) is 0. The zero-order valence-electron chi connectivity index (χ0n) is 15.9. The molecule has 1 fully saturated rings. The Morgan fingerprint density at radius 1 is 1.07 bits per heavy atom. The first-order chi connectivity index (χ1) is 13.1. The van der Waals surface area contributed by atoms with Crippen molar-refractivity contribution in [3.63, 3.8) is 0 Å². The van der Waals surface area contributed by atoms with Gasteiger partial charge in [0.25, 0.3) is 0 Å². The molecule has 0 spiro atoms. The highest BCUT2D eigenvalue weighted by molar-refractivity contribution is 6.01. The van der Waals surface area contributed by atoms with E-state index in [4.69, 9.17) is 9.47 Å². The summed E-state index contributed by atoms with van der Waals surface area (Å²) in [5, 5.41) is 0. The minimum absolute atomic E-state index is 0.00748. The van der Waals surface area contributed by atoms with Crippen LogP contribution in [0.15, 0.2) is 42.5 Å². The topological polar surface area (TPSA) is 38.8 Å². The summed E-state index contributed by atoms with van der Waals surface area (Å²) in [5.74, 6) is 1.03. The third kappa shape index (κ3) is 4.66.